The Kier molecular flexibility index (Phi) is 3.95. The number of anilines is 2. The fourth-order valence-electron chi connectivity index (χ4n) is 1.01. The Morgan fingerprint density at radius 2 is 2.07 bits per heavy atom. The second kappa shape index (κ2) is 4.82. The van der Waals surface area contributed by atoms with E-state index >= 15 is 0 Å². The fraction of sp³-hybridized carbons (Fsp3) is 0.250. The van der Waals surface area contributed by atoms with E-state index in [-0.39, 0.29) is 12.3 Å². The summed E-state index contributed by atoms with van der Waals surface area (Å²) in [5, 5.41) is 7.76. The maximum atomic E-state index is 10.7. The van der Waals surface area contributed by atoms with Crippen molar-refractivity contribution in [3.63, 3.8) is 0 Å². The highest BCUT2D eigenvalue weighted by atomic mass is 79.9. The van der Waals surface area contributed by atoms with Crippen LogP contribution in [-0.2, 0) is 10.0 Å². The maximum Gasteiger partial charge on any atom is 0.210 e. The van der Waals surface area contributed by atoms with Gasteiger partial charge in [0, 0.05) is 11.0 Å². The minimum Gasteiger partial charge on any atom is -0.397 e. The Hall–Kier alpha value is -0.790. The molecule has 0 aliphatic heterocycles. The molecule has 5 nitrogen and oxygen atoms in total. The second-order valence-corrected chi connectivity index (χ2v) is 5.67. The molecule has 1 aromatic rings. The predicted molar refractivity (Wildman–Crippen MR) is 65.0 cm³/mol. The zero-order chi connectivity index (χ0) is 11.5. The van der Waals surface area contributed by atoms with Crippen molar-refractivity contribution in [2.45, 2.75) is 0 Å². The predicted octanol–water partition coefficient (Wildman–Crippen LogP) is 0.732. The van der Waals surface area contributed by atoms with E-state index in [1.807, 2.05) is 0 Å². The third-order valence-corrected chi connectivity index (χ3v) is 2.98. The molecule has 0 aliphatic carbocycles. The second-order valence-electron chi connectivity index (χ2n) is 3.03. The van der Waals surface area contributed by atoms with Gasteiger partial charge in [-0.05, 0) is 18.2 Å². The van der Waals surface area contributed by atoms with E-state index < -0.39 is 10.0 Å². The number of hydrogen-bond acceptors (Lipinski definition) is 4. The van der Waals surface area contributed by atoms with Gasteiger partial charge in [-0.3, -0.25) is 0 Å². The van der Waals surface area contributed by atoms with Gasteiger partial charge in [-0.2, -0.15) is 0 Å². The lowest BCUT2D eigenvalue weighted by molar-refractivity contribution is 0.598. The monoisotopic (exact) mass is 293 g/mol. The molecule has 0 unspecified atom stereocenters. The van der Waals surface area contributed by atoms with Crippen molar-refractivity contribution in [3.8, 4) is 0 Å². The first-order valence-corrected chi connectivity index (χ1v) is 6.69. The van der Waals surface area contributed by atoms with Gasteiger partial charge in [-0.15, -0.1) is 0 Å². The van der Waals surface area contributed by atoms with E-state index in [4.69, 9.17) is 10.9 Å². The van der Waals surface area contributed by atoms with Gasteiger partial charge >= 0.3 is 0 Å². The lowest BCUT2D eigenvalue weighted by Crippen LogP contribution is -2.22. The lowest BCUT2D eigenvalue weighted by Gasteiger charge is -2.08. The molecule has 5 N–H and O–H groups in total. The average molecular weight is 294 g/mol. The number of benzene rings is 1. The van der Waals surface area contributed by atoms with Gasteiger partial charge in [0.15, 0.2) is 0 Å². The minimum atomic E-state index is -3.43. The zero-order valence-electron chi connectivity index (χ0n) is 7.90. The summed E-state index contributed by atoms with van der Waals surface area (Å²) in [5.74, 6) is -0.126. The Morgan fingerprint density at radius 3 is 2.67 bits per heavy atom. The number of primary sulfonamides is 1. The number of hydrogen-bond donors (Lipinski definition) is 3. The summed E-state index contributed by atoms with van der Waals surface area (Å²) in [6.07, 6.45) is 0. The topological polar surface area (TPSA) is 98.2 Å². The van der Waals surface area contributed by atoms with Crippen LogP contribution in [0.15, 0.2) is 22.7 Å². The van der Waals surface area contributed by atoms with Gasteiger partial charge in [-0.1, -0.05) is 15.9 Å². The smallest absolute Gasteiger partial charge is 0.210 e. The molecule has 0 fully saturated rings. The van der Waals surface area contributed by atoms with Crippen LogP contribution in [0, 0.1) is 0 Å². The van der Waals surface area contributed by atoms with E-state index in [2.05, 4.69) is 21.2 Å². The number of rotatable bonds is 4. The van der Waals surface area contributed by atoms with Crippen LogP contribution in [0.2, 0.25) is 0 Å². The van der Waals surface area contributed by atoms with Gasteiger partial charge in [-0.25, -0.2) is 13.6 Å². The SMILES string of the molecule is Nc1ccc(Br)cc1NCCS(N)(=O)=O. The van der Waals surface area contributed by atoms with E-state index in [0.29, 0.717) is 11.4 Å². The molecule has 1 aromatic carbocycles. The molecule has 0 atom stereocenters. The van der Waals surface area contributed by atoms with Gasteiger partial charge in [0.25, 0.3) is 0 Å². The van der Waals surface area contributed by atoms with Gasteiger partial charge in [0.2, 0.25) is 10.0 Å². The number of nitrogen functional groups attached to an aromatic ring is 1. The molecule has 0 saturated carbocycles. The van der Waals surface area contributed by atoms with Crippen molar-refractivity contribution in [3.05, 3.63) is 22.7 Å². The van der Waals surface area contributed by atoms with E-state index in [0.717, 1.165) is 4.47 Å². The fourth-order valence-corrected chi connectivity index (χ4v) is 1.76. The Balaban J connectivity index is 2.61. The normalized spacial score (nSPS) is 11.3. The minimum absolute atomic E-state index is 0.126. The first-order valence-electron chi connectivity index (χ1n) is 4.18. The van der Waals surface area contributed by atoms with Crippen molar-refractivity contribution in [2.24, 2.45) is 5.14 Å². The molecule has 84 valence electrons. The molecule has 0 aromatic heterocycles. The molecule has 0 radical (unpaired) electrons. The van der Waals surface area contributed by atoms with E-state index in [1.165, 1.54) is 0 Å². The van der Waals surface area contributed by atoms with Gasteiger partial charge in [0.1, 0.15) is 0 Å². The Morgan fingerprint density at radius 1 is 1.40 bits per heavy atom. The van der Waals surface area contributed by atoms with Crippen LogP contribution in [0.5, 0.6) is 0 Å². The number of nitrogens with one attached hydrogen (secondary N) is 1. The summed E-state index contributed by atoms with van der Waals surface area (Å²) in [4.78, 5) is 0. The number of nitrogens with two attached hydrogens (primary N) is 2. The zero-order valence-corrected chi connectivity index (χ0v) is 10.3. The molecular formula is C8H12BrN3O2S. The molecular weight excluding hydrogens is 282 g/mol. The van der Waals surface area contributed by atoms with Gasteiger partial charge < -0.3 is 11.1 Å². The third-order valence-electron chi connectivity index (χ3n) is 1.72. The summed E-state index contributed by atoms with van der Waals surface area (Å²) >= 11 is 3.29. The van der Waals surface area contributed by atoms with Crippen LogP contribution in [0.4, 0.5) is 11.4 Å². The molecule has 7 heteroatoms. The number of halogens is 1. The standard InChI is InChI=1S/C8H12BrN3O2S/c9-6-1-2-7(10)8(5-6)12-3-4-15(11,13)14/h1-2,5,12H,3-4,10H2,(H2,11,13,14). The van der Waals surface area contributed by atoms with Crippen LogP contribution < -0.4 is 16.2 Å². The van der Waals surface area contributed by atoms with Crippen LogP contribution in [-0.4, -0.2) is 20.7 Å². The molecule has 0 bridgehead atoms. The van der Waals surface area contributed by atoms with Crippen molar-refractivity contribution in [2.75, 3.05) is 23.3 Å². The highest BCUT2D eigenvalue weighted by Crippen LogP contribution is 2.22. The molecule has 0 amide bonds. The Labute approximate surface area is 97.0 Å². The first kappa shape index (κ1) is 12.3. The summed E-state index contributed by atoms with van der Waals surface area (Å²) < 4.78 is 22.2. The van der Waals surface area contributed by atoms with Crippen molar-refractivity contribution in [1.82, 2.24) is 0 Å². The third kappa shape index (κ3) is 4.50. The number of sulfonamides is 1. The van der Waals surface area contributed by atoms with Crippen LogP contribution >= 0.6 is 15.9 Å². The molecule has 0 aliphatic rings. The molecule has 0 saturated heterocycles. The molecule has 0 heterocycles. The average Bonchev–Trinajstić information content (AvgIpc) is 2.09. The van der Waals surface area contributed by atoms with E-state index in [9.17, 15) is 8.42 Å². The maximum absolute atomic E-state index is 10.7. The molecule has 15 heavy (non-hydrogen) atoms. The summed E-state index contributed by atoms with van der Waals surface area (Å²) in [6, 6.07) is 5.31. The summed E-state index contributed by atoms with van der Waals surface area (Å²) in [5.41, 5.74) is 6.93. The Bertz CT molecular complexity index is 447. The van der Waals surface area contributed by atoms with E-state index in [1.54, 1.807) is 18.2 Å². The highest BCUT2D eigenvalue weighted by molar-refractivity contribution is 9.10. The van der Waals surface area contributed by atoms with Crippen molar-refractivity contribution in [1.29, 1.82) is 0 Å². The highest BCUT2D eigenvalue weighted by Gasteiger charge is 2.03. The van der Waals surface area contributed by atoms with Crippen LogP contribution in [0.1, 0.15) is 0 Å². The summed E-state index contributed by atoms with van der Waals surface area (Å²) in [7, 11) is -3.43. The van der Waals surface area contributed by atoms with Gasteiger partial charge in [0.05, 0.1) is 17.1 Å². The van der Waals surface area contributed by atoms with Crippen LogP contribution in [0.3, 0.4) is 0 Å². The molecule has 1 rings (SSSR count). The first-order chi connectivity index (χ1) is 6.88. The quantitative estimate of drug-likeness (QED) is 0.713. The molecule has 0 spiro atoms. The summed E-state index contributed by atoms with van der Waals surface area (Å²) in [6.45, 7) is 0.236. The van der Waals surface area contributed by atoms with Crippen LogP contribution in [0.25, 0.3) is 0 Å². The largest absolute Gasteiger partial charge is 0.397 e. The van der Waals surface area contributed by atoms with Crippen molar-refractivity contribution >= 4 is 37.3 Å². The lowest BCUT2D eigenvalue weighted by atomic mass is 10.3. The van der Waals surface area contributed by atoms with Crippen molar-refractivity contribution < 1.29 is 8.42 Å².